The molecule has 184 valence electrons. The van der Waals surface area contributed by atoms with Crippen LogP contribution < -0.4 is 15.4 Å². The van der Waals surface area contributed by atoms with Gasteiger partial charge in [0.25, 0.3) is 5.91 Å². The second-order valence-corrected chi connectivity index (χ2v) is 9.59. The SMILES string of the molecule is Cc1ccc(S(=O)(=O)N[C@@H](C)C(=O)NCCNC(=O)c2cc(-c3ccccc3F)ccc2F)cc1. The highest BCUT2D eigenvalue weighted by atomic mass is 32.2. The van der Waals surface area contributed by atoms with E-state index in [4.69, 9.17) is 0 Å². The van der Waals surface area contributed by atoms with Crippen molar-refractivity contribution < 1.29 is 26.8 Å². The zero-order valence-electron chi connectivity index (χ0n) is 19.1. The molecule has 0 fully saturated rings. The van der Waals surface area contributed by atoms with Crippen LogP contribution in [0.15, 0.2) is 71.6 Å². The monoisotopic (exact) mass is 501 g/mol. The first kappa shape index (κ1) is 26.0. The topological polar surface area (TPSA) is 104 Å². The van der Waals surface area contributed by atoms with E-state index < -0.39 is 39.5 Å². The number of carbonyl (C=O) groups is 2. The number of benzene rings is 3. The second-order valence-electron chi connectivity index (χ2n) is 7.88. The molecule has 0 heterocycles. The second kappa shape index (κ2) is 11.2. The largest absolute Gasteiger partial charge is 0.353 e. The van der Waals surface area contributed by atoms with Crippen LogP contribution in [0.3, 0.4) is 0 Å². The summed E-state index contributed by atoms with van der Waals surface area (Å²) in [7, 11) is -3.89. The summed E-state index contributed by atoms with van der Waals surface area (Å²) in [4.78, 5) is 24.7. The molecule has 3 aromatic rings. The van der Waals surface area contributed by atoms with Crippen molar-refractivity contribution in [3.05, 3.63) is 89.5 Å². The quantitative estimate of drug-likeness (QED) is 0.392. The van der Waals surface area contributed by atoms with Crippen LogP contribution in [0.1, 0.15) is 22.8 Å². The molecule has 0 unspecified atom stereocenters. The van der Waals surface area contributed by atoms with E-state index in [-0.39, 0.29) is 29.1 Å². The van der Waals surface area contributed by atoms with E-state index >= 15 is 0 Å². The van der Waals surface area contributed by atoms with Gasteiger partial charge in [-0.2, -0.15) is 4.72 Å². The summed E-state index contributed by atoms with van der Waals surface area (Å²) in [5.41, 5.74) is 1.21. The van der Waals surface area contributed by atoms with Crippen molar-refractivity contribution in [3.8, 4) is 11.1 Å². The van der Waals surface area contributed by atoms with E-state index in [1.54, 1.807) is 18.2 Å². The molecular formula is C25H25F2N3O4S. The highest BCUT2D eigenvalue weighted by molar-refractivity contribution is 7.89. The number of rotatable bonds is 9. The van der Waals surface area contributed by atoms with Crippen molar-refractivity contribution in [2.24, 2.45) is 0 Å². The van der Waals surface area contributed by atoms with E-state index in [1.165, 1.54) is 49.4 Å². The van der Waals surface area contributed by atoms with Crippen LogP contribution in [0.25, 0.3) is 11.1 Å². The first-order valence-corrected chi connectivity index (χ1v) is 12.3. The van der Waals surface area contributed by atoms with Crippen LogP contribution >= 0.6 is 0 Å². The van der Waals surface area contributed by atoms with E-state index in [2.05, 4.69) is 15.4 Å². The molecule has 0 saturated heterocycles. The maximum atomic E-state index is 14.2. The Labute approximate surface area is 202 Å². The standard InChI is InChI=1S/C25H25F2N3O4S/c1-16-7-10-19(11-8-16)35(33,34)30-17(2)24(31)28-13-14-29-25(32)21-15-18(9-12-23(21)27)20-5-3-4-6-22(20)26/h3-12,15,17,30H,13-14H2,1-2H3,(H,28,31)(H,29,32)/t17-/m0/s1. The molecule has 0 bridgehead atoms. The van der Waals surface area contributed by atoms with Gasteiger partial charge in [0.05, 0.1) is 16.5 Å². The normalized spacial score (nSPS) is 12.1. The summed E-state index contributed by atoms with van der Waals surface area (Å²) in [5.74, 6) is -2.60. The molecule has 10 heteroatoms. The van der Waals surface area contributed by atoms with E-state index in [0.717, 1.165) is 11.6 Å². The molecule has 1 atom stereocenters. The maximum Gasteiger partial charge on any atom is 0.254 e. The Bertz CT molecular complexity index is 1330. The Morgan fingerprint density at radius 1 is 0.886 bits per heavy atom. The third-order valence-corrected chi connectivity index (χ3v) is 6.72. The smallest absolute Gasteiger partial charge is 0.254 e. The van der Waals surface area contributed by atoms with Crippen LogP contribution in [0.4, 0.5) is 8.78 Å². The van der Waals surface area contributed by atoms with Gasteiger partial charge in [0, 0.05) is 18.7 Å². The Morgan fingerprint density at radius 3 is 2.23 bits per heavy atom. The van der Waals surface area contributed by atoms with Gasteiger partial charge in [0.1, 0.15) is 11.6 Å². The number of amides is 2. The number of sulfonamides is 1. The average molecular weight is 502 g/mol. The molecule has 0 radical (unpaired) electrons. The third kappa shape index (κ3) is 6.71. The van der Waals surface area contributed by atoms with Gasteiger partial charge in [0.2, 0.25) is 15.9 Å². The lowest BCUT2D eigenvalue weighted by molar-refractivity contribution is -0.122. The van der Waals surface area contributed by atoms with Crippen molar-refractivity contribution in [2.45, 2.75) is 24.8 Å². The number of carbonyl (C=O) groups excluding carboxylic acids is 2. The minimum atomic E-state index is -3.89. The fourth-order valence-electron chi connectivity index (χ4n) is 3.24. The molecular weight excluding hydrogens is 476 g/mol. The Balaban J connectivity index is 1.53. The van der Waals surface area contributed by atoms with Gasteiger partial charge in [-0.25, -0.2) is 17.2 Å². The predicted molar refractivity (Wildman–Crippen MR) is 128 cm³/mol. The number of aryl methyl sites for hydroxylation is 1. The molecule has 0 spiro atoms. The zero-order chi connectivity index (χ0) is 25.6. The molecule has 0 aliphatic rings. The Morgan fingerprint density at radius 2 is 1.54 bits per heavy atom. The van der Waals surface area contributed by atoms with Crippen molar-refractivity contribution in [3.63, 3.8) is 0 Å². The van der Waals surface area contributed by atoms with Crippen LogP contribution in [0.2, 0.25) is 0 Å². The fourth-order valence-corrected chi connectivity index (χ4v) is 4.45. The highest BCUT2D eigenvalue weighted by Gasteiger charge is 2.22. The minimum Gasteiger partial charge on any atom is -0.353 e. The lowest BCUT2D eigenvalue weighted by atomic mass is 10.0. The van der Waals surface area contributed by atoms with Crippen molar-refractivity contribution >= 4 is 21.8 Å². The van der Waals surface area contributed by atoms with Crippen LogP contribution in [0, 0.1) is 18.6 Å². The lowest BCUT2D eigenvalue weighted by Gasteiger charge is -2.15. The van der Waals surface area contributed by atoms with Crippen LogP contribution in [-0.4, -0.2) is 39.4 Å². The number of nitrogens with one attached hydrogen (secondary N) is 3. The maximum absolute atomic E-state index is 14.2. The molecule has 0 aromatic heterocycles. The van der Waals surface area contributed by atoms with E-state index in [9.17, 15) is 26.8 Å². The third-order valence-electron chi connectivity index (χ3n) is 5.16. The van der Waals surface area contributed by atoms with Crippen molar-refractivity contribution in [1.29, 1.82) is 0 Å². The highest BCUT2D eigenvalue weighted by Crippen LogP contribution is 2.24. The molecule has 3 N–H and O–H groups in total. The molecule has 0 saturated carbocycles. The van der Waals surface area contributed by atoms with Gasteiger partial charge in [-0.15, -0.1) is 0 Å². The lowest BCUT2D eigenvalue weighted by Crippen LogP contribution is -2.46. The van der Waals surface area contributed by atoms with Gasteiger partial charge in [-0.05, 0) is 49.7 Å². The summed E-state index contributed by atoms with van der Waals surface area (Å²) in [5, 5.41) is 4.99. The number of hydrogen-bond acceptors (Lipinski definition) is 4. The summed E-state index contributed by atoms with van der Waals surface area (Å²) < 4.78 is 55.4. The summed E-state index contributed by atoms with van der Waals surface area (Å²) in [6, 6.07) is 14.8. The van der Waals surface area contributed by atoms with Gasteiger partial charge in [0.15, 0.2) is 0 Å². The predicted octanol–water partition coefficient (Wildman–Crippen LogP) is 3.15. The summed E-state index contributed by atoms with van der Waals surface area (Å²) >= 11 is 0. The number of hydrogen-bond donors (Lipinski definition) is 3. The van der Waals surface area contributed by atoms with Gasteiger partial charge >= 0.3 is 0 Å². The van der Waals surface area contributed by atoms with Gasteiger partial charge in [-0.1, -0.05) is 42.0 Å². The van der Waals surface area contributed by atoms with Gasteiger partial charge < -0.3 is 10.6 Å². The Kier molecular flexibility index (Phi) is 8.31. The molecule has 3 aromatic carbocycles. The molecule has 7 nitrogen and oxygen atoms in total. The minimum absolute atomic E-state index is 0.0181. The first-order valence-electron chi connectivity index (χ1n) is 10.8. The van der Waals surface area contributed by atoms with E-state index in [1.807, 2.05) is 6.92 Å². The van der Waals surface area contributed by atoms with Gasteiger partial charge in [-0.3, -0.25) is 9.59 Å². The van der Waals surface area contributed by atoms with Crippen LogP contribution in [0.5, 0.6) is 0 Å². The summed E-state index contributed by atoms with van der Waals surface area (Å²) in [6.07, 6.45) is 0. The first-order chi connectivity index (χ1) is 16.6. The Hall–Kier alpha value is -3.63. The fraction of sp³-hybridized carbons (Fsp3) is 0.200. The molecule has 0 aliphatic carbocycles. The van der Waals surface area contributed by atoms with E-state index in [0.29, 0.717) is 5.56 Å². The average Bonchev–Trinajstić information content (AvgIpc) is 2.82. The molecule has 3 rings (SSSR count). The summed E-state index contributed by atoms with van der Waals surface area (Å²) in [6.45, 7) is 3.16. The van der Waals surface area contributed by atoms with Crippen molar-refractivity contribution in [1.82, 2.24) is 15.4 Å². The molecule has 0 aliphatic heterocycles. The molecule has 35 heavy (non-hydrogen) atoms. The number of halogens is 2. The van der Waals surface area contributed by atoms with Crippen LogP contribution in [-0.2, 0) is 14.8 Å². The van der Waals surface area contributed by atoms with Crippen molar-refractivity contribution in [2.75, 3.05) is 13.1 Å². The molecule has 2 amide bonds. The zero-order valence-corrected chi connectivity index (χ0v) is 20.0.